The first-order valence-electron chi connectivity index (χ1n) is 9.31. The van der Waals surface area contributed by atoms with Crippen LogP contribution in [0.5, 0.6) is 0 Å². The van der Waals surface area contributed by atoms with E-state index in [1.165, 1.54) is 23.5 Å². The summed E-state index contributed by atoms with van der Waals surface area (Å²) in [5.41, 5.74) is 1.78. The van der Waals surface area contributed by atoms with Crippen LogP contribution in [0, 0.1) is 5.82 Å². The number of hydrogen-bond donors (Lipinski definition) is 2. The number of hydrogen-bond acceptors (Lipinski definition) is 6. The Kier molecular flexibility index (Phi) is 6.53. The van der Waals surface area contributed by atoms with Crippen molar-refractivity contribution in [2.75, 3.05) is 18.4 Å². The van der Waals surface area contributed by atoms with Crippen molar-refractivity contribution in [1.82, 2.24) is 14.9 Å². The molecule has 148 valence electrons. The molecule has 1 atom stereocenters. The van der Waals surface area contributed by atoms with Crippen molar-refractivity contribution in [1.29, 1.82) is 0 Å². The number of fused-ring (bicyclic) bond motifs is 1. The van der Waals surface area contributed by atoms with Gasteiger partial charge in [-0.15, -0.1) is 11.3 Å². The van der Waals surface area contributed by atoms with E-state index in [0.29, 0.717) is 43.2 Å². The smallest absolute Gasteiger partial charge is 0.274 e. The molecule has 6 nitrogen and oxygen atoms in total. The molecule has 0 spiro atoms. The van der Waals surface area contributed by atoms with Crippen molar-refractivity contribution >= 4 is 33.4 Å². The summed E-state index contributed by atoms with van der Waals surface area (Å²) in [6.07, 6.45) is 0.0971. The molecule has 3 heterocycles. The molecule has 8 heteroatoms. The van der Waals surface area contributed by atoms with Gasteiger partial charge in [-0.3, -0.25) is 4.79 Å². The molecule has 0 bridgehead atoms. The van der Waals surface area contributed by atoms with Crippen molar-refractivity contribution in [2.45, 2.75) is 32.9 Å². The van der Waals surface area contributed by atoms with Crippen LogP contribution in [0.4, 0.5) is 10.3 Å². The summed E-state index contributed by atoms with van der Waals surface area (Å²) in [6.45, 7) is 5.19. The van der Waals surface area contributed by atoms with E-state index in [1.54, 1.807) is 17.0 Å². The van der Waals surface area contributed by atoms with Gasteiger partial charge in [0.25, 0.3) is 5.91 Å². The van der Waals surface area contributed by atoms with E-state index in [4.69, 9.17) is 0 Å². The van der Waals surface area contributed by atoms with Crippen LogP contribution in [0.25, 0.3) is 10.2 Å². The molecule has 1 amide bonds. The van der Waals surface area contributed by atoms with Crippen LogP contribution in [0.1, 0.15) is 36.3 Å². The van der Waals surface area contributed by atoms with Gasteiger partial charge in [-0.25, -0.2) is 14.4 Å². The molecule has 1 aliphatic heterocycles. The molecule has 3 aromatic rings. The third-order valence-corrected chi connectivity index (χ3v) is 5.21. The molecule has 1 fully saturated rings. The minimum Gasteiger partial charge on any atom is -0.391 e. The number of aromatic nitrogens is 2. The molecular formula is C20H23FN4O2S. The van der Waals surface area contributed by atoms with E-state index in [-0.39, 0.29) is 11.7 Å². The molecule has 2 aromatic heterocycles. The third kappa shape index (κ3) is 4.45. The highest BCUT2D eigenvalue weighted by Gasteiger charge is 2.28. The monoisotopic (exact) mass is 402 g/mol. The molecule has 0 unspecified atom stereocenters. The van der Waals surface area contributed by atoms with E-state index in [9.17, 15) is 14.3 Å². The van der Waals surface area contributed by atoms with E-state index in [0.717, 1.165) is 10.3 Å². The van der Waals surface area contributed by atoms with Gasteiger partial charge in [-0.05, 0) is 35.6 Å². The summed E-state index contributed by atoms with van der Waals surface area (Å²) in [7, 11) is 0. The Morgan fingerprint density at radius 3 is 2.89 bits per heavy atom. The minimum absolute atomic E-state index is 0.204. The largest absolute Gasteiger partial charge is 0.391 e. The number of anilines is 1. The number of carbonyl (C=O) groups excluding carboxylic acids is 1. The van der Waals surface area contributed by atoms with Gasteiger partial charge in [0, 0.05) is 19.6 Å². The molecule has 1 aliphatic rings. The van der Waals surface area contributed by atoms with Crippen molar-refractivity contribution < 1.29 is 14.3 Å². The quantitative estimate of drug-likeness (QED) is 0.696. The lowest BCUT2D eigenvalue weighted by molar-refractivity contribution is 0.0761. The van der Waals surface area contributed by atoms with Crippen LogP contribution in [-0.2, 0) is 6.54 Å². The second-order valence-electron chi connectivity index (χ2n) is 6.21. The Bertz CT molecular complexity index is 962. The molecule has 2 N–H and O–H groups in total. The summed E-state index contributed by atoms with van der Waals surface area (Å²) in [5.74, 6) is -0.185. The number of aliphatic hydroxyl groups excluding tert-OH is 1. The van der Waals surface area contributed by atoms with Crippen molar-refractivity contribution in [3.63, 3.8) is 0 Å². The average Bonchev–Trinajstić information content (AvgIpc) is 3.35. The number of nitrogens with one attached hydrogen (secondary N) is 1. The van der Waals surface area contributed by atoms with Gasteiger partial charge in [0.15, 0.2) is 5.69 Å². The van der Waals surface area contributed by atoms with Gasteiger partial charge in [-0.2, -0.15) is 0 Å². The van der Waals surface area contributed by atoms with Gasteiger partial charge < -0.3 is 15.3 Å². The highest BCUT2D eigenvalue weighted by atomic mass is 32.1. The van der Waals surface area contributed by atoms with Crippen molar-refractivity contribution in [2.24, 2.45) is 0 Å². The lowest BCUT2D eigenvalue weighted by atomic mass is 10.2. The Balaban J connectivity index is 0.00000109. The first-order valence-corrected chi connectivity index (χ1v) is 10.2. The summed E-state index contributed by atoms with van der Waals surface area (Å²) in [6, 6.07) is 8.11. The number of likely N-dealkylation sites (tertiary alicyclic amines) is 1. The molecule has 4 rings (SSSR count). The van der Waals surface area contributed by atoms with E-state index in [1.807, 2.05) is 25.3 Å². The van der Waals surface area contributed by atoms with Crippen molar-refractivity contribution in [3.05, 3.63) is 52.8 Å². The summed E-state index contributed by atoms with van der Waals surface area (Å²) in [4.78, 5) is 23.3. The van der Waals surface area contributed by atoms with Gasteiger partial charge in [-0.1, -0.05) is 26.0 Å². The molecular weight excluding hydrogens is 379 g/mol. The number of benzene rings is 1. The number of nitrogens with zero attached hydrogens (tertiary/aromatic N) is 3. The van der Waals surface area contributed by atoms with Gasteiger partial charge in [0.1, 0.15) is 5.82 Å². The van der Waals surface area contributed by atoms with Crippen LogP contribution in [0.3, 0.4) is 0 Å². The zero-order valence-corrected chi connectivity index (χ0v) is 16.7. The third-order valence-electron chi connectivity index (χ3n) is 4.30. The predicted octanol–water partition coefficient (Wildman–Crippen LogP) is 3.68. The summed E-state index contributed by atoms with van der Waals surface area (Å²) < 4.78 is 14.0. The second-order valence-corrected chi connectivity index (χ2v) is 7.12. The van der Waals surface area contributed by atoms with Gasteiger partial charge in [0.2, 0.25) is 5.95 Å². The maximum Gasteiger partial charge on any atom is 0.274 e. The van der Waals surface area contributed by atoms with E-state index in [2.05, 4.69) is 15.3 Å². The summed E-state index contributed by atoms with van der Waals surface area (Å²) >= 11 is 1.41. The number of amides is 1. The number of halogens is 1. The SMILES string of the molecule is CC.O=C(c1nc(NCc2cccc(F)c2)nc2ccsc12)N1CC[C@@H](O)C1. The fourth-order valence-electron chi connectivity index (χ4n) is 2.99. The van der Waals surface area contributed by atoms with Crippen LogP contribution >= 0.6 is 11.3 Å². The van der Waals surface area contributed by atoms with Gasteiger partial charge in [0.05, 0.1) is 16.3 Å². The lowest BCUT2D eigenvalue weighted by Gasteiger charge is -2.16. The predicted molar refractivity (Wildman–Crippen MR) is 109 cm³/mol. The molecule has 0 radical (unpaired) electrons. The number of carbonyl (C=O) groups is 1. The number of β-amino-alcohol motifs (C(OH)–C–C–N with tert-alkyl or cyclic N) is 1. The molecule has 1 aromatic carbocycles. The first kappa shape index (κ1) is 20.2. The minimum atomic E-state index is -0.481. The van der Waals surface area contributed by atoms with E-state index >= 15 is 0 Å². The van der Waals surface area contributed by atoms with Crippen LogP contribution in [0.2, 0.25) is 0 Å². The molecule has 0 saturated carbocycles. The normalized spacial score (nSPS) is 16.0. The standard InChI is InChI=1S/C18H17FN4O2S.C2H6/c19-12-3-1-2-11(8-12)9-20-18-21-14-5-7-26-16(14)15(22-18)17(25)23-6-4-13(24)10-23;1-2/h1-3,5,7-8,13,24H,4,6,9-10H2,(H,20,21,22);1-2H3/t13-;/m1./s1. The number of thiophene rings is 1. The number of aliphatic hydroxyl groups is 1. The Labute approximate surface area is 167 Å². The Hall–Kier alpha value is -2.58. The maximum atomic E-state index is 13.3. The van der Waals surface area contributed by atoms with Crippen LogP contribution in [0.15, 0.2) is 35.7 Å². The maximum absolute atomic E-state index is 13.3. The van der Waals surface area contributed by atoms with Crippen molar-refractivity contribution in [3.8, 4) is 0 Å². The lowest BCUT2D eigenvalue weighted by Crippen LogP contribution is -2.30. The highest BCUT2D eigenvalue weighted by molar-refractivity contribution is 7.17. The molecule has 0 aliphatic carbocycles. The van der Waals surface area contributed by atoms with Crippen LogP contribution in [-0.4, -0.2) is 45.1 Å². The second kappa shape index (κ2) is 9.07. The highest BCUT2D eigenvalue weighted by Crippen LogP contribution is 2.26. The summed E-state index contributed by atoms with van der Waals surface area (Å²) in [5, 5.41) is 14.6. The van der Waals surface area contributed by atoms with Gasteiger partial charge >= 0.3 is 0 Å². The number of rotatable bonds is 4. The zero-order valence-electron chi connectivity index (χ0n) is 15.9. The topological polar surface area (TPSA) is 78.4 Å². The van der Waals surface area contributed by atoms with E-state index < -0.39 is 6.10 Å². The van der Waals surface area contributed by atoms with Crippen LogP contribution < -0.4 is 5.32 Å². The fourth-order valence-corrected chi connectivity index (χ4v) is 3.80. The molecule has 28 heavy (non-hydrogen) atoms. The molecule has 1 saturated heterocycles. The zero-order chi connectivity index (χ0) is 20.1. The first-order chi connectivity index (χ1) is 13.6. The Morgan fingerprint density at radius 1 is 1.36 bits per heavy atom. The Morgan fingerprint density at radius 2 is 2.18 bits per heavy atom. The fraction of sp³-hybridized carbons (Fsp3) is 0.350. The average molecular weight is 402 g/mol.